The number of rotatable bonds is 3. The first-order valence-electron chi connectivity index (χ1n) is 7.64. The van der Waals surface area contributed by atoms with Gasteiger partial charge in [0.1, 0.15) is 5.75 Å². The zero-order valence-corrected chi connectivity index (χ0v) is 13.4. The Hall–Kier alpha value is -2.04. The summed E-state index contributed by atoms with van der Waals surface area (Å²) >= 11 is 0. The van der Waals surface area contributed by atoms with Crippen molar-refractivity contribution < 1.29 is 14.3 Å². The van der Waals surface area contributed by atoms with Gasteiger partial charge >= 0.3 is 0 Å². The third kappa shape index (κ3) is 4.76. The highest BCUT2D eigenvalue weighted by Gasteiger charge is 2.24. The summed E-state index contributed by atoms with van der Waals surface area (Å²) in [5, 5.41) is 5.55. The van der Waals surface area contributed by atoms with Crippen molar-refractivity contribution in [2.24, 2.45) is 5.92 Å². The van der Waals surface area contributed by atoms with Crippen LogP contribution in [0.15, 0.2) is 24.3 Å². The van der Waals surface area contributed by atoms with Gasteiger partial charge in [-0.3, -0.25) is 9.59 Å². The average molecular weight is 304 g/mol. The lowest BCUT2D eigenvalue weighted by Gasteiger charge is -2.21. The minimum absolute atomic E-state index is 0.00904. The molecule has 2 amide bonds. The van der Waals surface area contributed by atoms with Crippen LogP contribution >= 0.6 is 0 Å². The van der Waals surface area contributed by atoms with Crippen LogP contribution in [0.4, 0.5) is 0 Å². The zero-order chi connectivity index (χ0) is 16.2. The summed E-state index contributed by atoms with van der Waals surface area (Å²) < 4.78 is 5.66. The van der Waals surface area contributed by atoms with Crippen LogP contribution in [0.5, 0.6) is 5.75 Å². The number of ether oxygens (including phenoxy) is 1. The van der Waals surface area contributed by atoms with E-state index in [0.29, 0.717) is 19.4 Å². The maximum Gasteiger partial charge on any atom is 0.239 e. The van der Waals surface area contributed by atoms with Gasteiger partial charge in [-0.15, -0.1) is 0 Å². The number of hydrogen-bond acceptors (Lipinski definition) is 3. The number of nitrogens with one attached hydrogen (secondary N) is 2. The molecule has 1 aromatic rings. The van der Waals surface area contributed by atoms with Gasteiger partial charge in [-0.25, -0.2) is 0 Å². The highest BCUT2D eigenvalue weighted by molar-refractivity contribution is 5.86. The summed E-state index contributed by atoms with van der Waals surface area (Å²) in [6.45, 7) is 6.25. The largest absolute Gasteiger partial charge is 0.493 e. The molecule has 1 aliphatic rings. The fraction of sp³-hybridized carbons (Fsp3) is 0.529. The van der Waals surface area contributed by atoms with Crippen LogP contribution < -0.4 is 15.4 Å². The van der Waals surface area contributed by atoms with Crippen LogP contribution in [0.3, 0.4) is 0 Å². The molecule has 120 valence electrons. The van der Waals surface area contributed by atoms with Gasteiger partial charge in [0.2, 0.25) is 11.8 Å². The summed E-state index contributed by atoms with van der Waals surface area (Å²) in [4.78, 5) is 24.0. The van der Waals surface area contributed by atoms with E-state index in [2.05, 4.69) is 10.6 Å². The Morgan fingerprint density at radius 3 is 2.73 bits per heavy atom. The van der Waals surface area contributed by atoms with Gasteiger partial charge in [0.15, 0.2) is 0 Å². The van der Waals surface area contributed by atoms with Crippen molar-refractivity contribution in [1.82, 2.24) is 10.6 Å². The van der Waals surface area contributed by atoms with Crippen molar-refractivity contribution in [1.29, 1.82) is 0 Å². The van der Waals surface area contributed by atoms with Crippen LogP contribution in [0.1, 0.15) is 32.8 Å². The summed E-state index contributed by atoms with van der Waals surface area (Å²) in [6, 6.07) is 7.77. The van der Waals surface area contributed by atoms with E-state index in [1.54, 1.807) is 0 Å². The molecule has 2 rings (SSSR count). The number of hydrogen-bond donors (Lipinski definition) is 2. The smallest absolute Gasteiger partial charge is 0.239 e. The molecule has 1 aromatic carbocycles. The molecular weight excluding hydrogens is 280 g/mol. The van der Waals surface area contributed by atoms with Gasteiger partial charge in [-0.1, -0.05) is 18.2 Å². The zero-order valence-electron chi connectivity index (χ0n) is 13.4. The van der Waals surface area contributed by atoms with Gasteiger partial charge in [0, 0.05) is 11.5 Å². The molecular formula is C17H24N2O3. The molecule has 5 nitrogen and oxygen atoms in total. The first-order chi connectivity index (χ1) is 10.3. The molecule has 0 bridgehead atoms. The van der Waals surface area contributed by atoms with Crippen molar-refractivity contribution in [3.8, 4) is 5.75 Å². The van der Waals surface area contributed by atoms with E-state index < -0.39 is 0 Å². The molecule has 22 heavy (non-hydrogen) atoms. The van der Waals surface area contributed by atoms with Crippen molar-refractivity contribution in [2.75, 3.05) is 13.2 Å². The molecule has 0 spiro atoms. The molecule has 0 aliphatic carbocycles. The van der Waals surface area contributed by atoms with Crippen molar-refractivity contribution in [3.05, 3.63) is 29.8 Å². The van der Waals surface area contributed by atoms with Crippen molar-refractivity contribution >= 4 is 11.8 Å². The predicted octanol–water partition coefficient (Wildman–Crippen LogP) is 1.66. The third-order valence-corrected chi connectivity index (χ3v) is 3.47. The maximum atomic E-state index is 12.3. The first-order valence-corrected chi connectivity index (χ1v) is 7.64. The van der Waals surface area contributed by atoms with E-state index >= 15 is 0 Å². The van der Waals surface area contributed by atoms with Crippen LogP contribution in [0.25, 0.3) is 0 Å². The Bertz CT molecular complexity index is 549. The molecule has 1 atom stereocenters. The number of carbonyl (C=O) groups is 2. The van der Waals surface area contributed by atoms with E-state index in [4.69, 9.17) is 4.74 Å². The standard InChI is InChI=1S/C17H24N2O3/c1-17(2,3)19-15(20)11-18-16(21)13-8-9-22-14-7-5-4-6-12(14)10-13/h4-7,13H,8-11H2,1-3H3,(H,18,21)(H,19,20)/t13-/m0/s1. The molecule has 2 N–H and O–H groups in total. The monoisotopic (exact) mass is 304 g/mol. The Kier molecular flexibility index (Phi) is 5.06. The number of fused-ring (bicyclic) bond motifs is 1. The predicted molar refractivity (Wildman–Crippen MR) is 84.7 cm³/mol. The number of carbonyl (C=O) groups excluding carboxylic acids is 2. The molecule has 0 fully saturated rings. The number of amides is 2. The Balaban J connectivity index is 1.89. The van der Waals surface area contributed by atoms with E-state index in [9.17, 15) is 9.59 Å². The van der Waals surface area contributed by atoms with Crippen molar-refractivity contribution in [3.63, 3.8) is 0 Å². The fourth-order valence-corrected chi connectivity index (χ4v) is 2.49. The molecule has 0 saturated carbocycles. The third-order valence-electron chi connectivity index (χ3n) is 3.47. The topological polar surface area (TPSA) is 67.4 Å². The van der Waals surface area contributed by atoms with Gasteiger partial charge in [0.05, 0.1) is 13.2 Å². The molecule has 0 unspecified atom stereocenters. The molecule has 0 aromatic heterocycles. The lowest BCUT2D eigenvalue weighted by molar-refractivity contribution is -0.129. The lowest BCUT2D eigenvalue weighted by atomic mass is 9.96. The molecule has 1 aliphatic heterocycles. The second-order valence-corrected chi connectivity index (χ2v) is 6.66. The Morgan fingerprint density at radius 2 is 2.00 bits per heavy atom. The highest BCUT2D eigenvalue weighted by Crippen LogP contribution is 2.26. The van der Waals surface area contributed by atoms with E-state index in [0.717, 1.165) is 11.3 Å². The van der Waals surface area contributed by atoms with Crippen molar-refractivity contribution in [2.45, 2.75) is 39.2 Å². The summed E-state index contributed by atoms with van der Waals surface area (Å²) in [5.74, 6) is 0.421. The molecule has 1 heterocycles. The fourth-order valence-electron chi connectivity index (χ4n) is 2.49. The van der Waals surface area contributed by atoms with Crippen LogP contribution in [-0.4, -0.2) is 30.5 Å². The molecule has 5 heteroatoms. The highest BCUT2D eigenvalue weighted by atomic mass is 16.5. The van der Waals surface area contributed by atoms with Crippen LogP contribution in [-0.2, 0) is 16.0 Å². The van der Waals surface area contributed by atoms with Gasteiger partial charge < -0.3 is 15.4 Å². The van der Waals surface area contributed by atoms with Gasteiger partial charge in [0.25, 0.3) is 0 Å². The number of benzene rings is 1. The summed E-state index contributed by atoms with van der Waals surface area (Å²) in [6.07, 6.45) is 1.30. The van der Waals surface area contributed by atoms with Gasteiger partial charge in [-0.05, 0) is 45.2 Å². The van der Waals surface area contributed by atoms with E-state index in [-0.39, 0.29) is 29.8 Å². The summed E-state index contributed by atoms with van der Waals surface area (Å²) in [7, 11) is 0. The normalized spacial score (nSPS) is 17.7. The van der Waals surface area contributed by atoms with Crippen LogP contribution in [0.2, 0.25) is 0 Å². The Labute approximate surface area is 131 Å². The minimum Gasteiger partial charge on any atom is -0.493 e. The minimum atomic E-state index is -0.295. The second kappa shape index (κ2) is 6.81. The van der Waals surface area contributed by atoms with E-state index in [1.165, 1.54) is 0 Å². The number of para-hydroxylation sites is 1. The Morgan fingerprint density at radius 1 is 1.27 bits per heavy atom. The molecule has 0 radical (unpaired) electrons. The average Bonchev–Trinajstić information content (AvgIpc) is 2.65. The maximum absolute atomic E-state index is 12.3. The quantitative estimate of drug-likeness (QED) is 0.892. The van der Waals surface area contributed by atoms with E-state index in [1.807, 2.05) is 45.0 Å². The van der Waals surface area contributed by atoms with Gasteiger partial charge in [-0.2, -0.15) is 0 Å². The van der Waals surface area contributed by atoms with Crippen LogP contribution in [0, 0.1) is 5.92 Å². The lowest BCUT2D eigenvalue weighted by Crippen LogP contribution is -2.46. The SMILES string of the molecule is CC(C)(C)NC(=O)CNC(=O)[C@H]1CCOc2ccccc2C1. The molecule has 0 saturated heterocycles. The first kappa shape index (κ1) is 16.3. The summed E-state index contributed by atoms with van der Waals surface area (Å²) in [5.41, 5.74) is 0.746. The second-order valence-electron chi connectivity index (χ2n) is 6.66.